The number of nitrogens with zero attached hydrogens (tertiary/aromatic N) is 6. The Morgan fingerprint density at radius 3 is 2.49 bits per heavy atom. The van der Waals surface area contributed by atoms with Crippen molar-refractivity contribution in [2.45, 2.75) is 51.9 Å². The van der Waals surface area contributed by atoms with E-state index in [-0.39, 0.29) is 18.4 Å². The molecule has 192 valence electrons. The molecular formula is C26H28N6O5. The minimum atomic E-state index is -0.675. The van der Waals surface area contributed by atoms with Gasteiger partial charge in [0.1, 0.15) is 36.6 Å². The lowest BCUT2D eigenvalue weighted by atomic mass is 9.99. The monoisotopic (exact) mass is 504 g/mol. The summed E-state index contributed by atoms with van der Waals surface area (Å²) >= 11 is 0. The van der Waals surface area contributed by atoms with Gasteiger partial charge < -0.3 is 24.3 Å². The van der Waals surface area contributed by atoms with E-state index in [1.807, 2.05) is 49.5 Å². The van der Waals surface area contributed by atoms with Crippen LogP contribution in [0.5, 0.6) is 17.5 Å². The molecule has 37 heavy (non-hydrogen) atoms. The summed E-state index contributed by atoms with van der Waals surface area (Å²) in [6.45, 7) is 7.26. The minimum absolute atomic E-state index is 0.224. The van der Waals surface area contributed by atoms with Crippen LogP contribution in [0, 0.1) is 10.1 Å². The minimum Gasteiger partial charge on any atom is -0.489 e. The molecule has 2 aromatic heterocycles. The lowest BCUT2D eigenvalue weighted by Crippen LogP contribution is -2.38. The summed E-state index contributed by atoms with van der Waals surface area (Å²) in [6.07, 6.45) is 4.30. The zero-order valence-corrected chi connectivity index (χ0v) is 20.9. The molecule has 0 amide bonds. The van der Waals surface area contributed by atoms with Gasteiger partial charge in [0, 0.05) is 4.98 Å². The van der Waals surface area contributed by atoms with Gasteiger partial charge in [-0.2, -0.15) is 0 Å². The van der Waals surface area contributed by atoms with Crippen LogP contribution in [0.4, 0.5) is 5.82 Å². The van der Waals surface area contributed by atoms with Gasteiger partial charge in [-0.05, 0) is 66.1 Å². The molecule has 11 heteroatoms. The quantitative estimate of drug-likeness (QED) is 0.225. The largest absolute Gasteiger partial charge is 0.489 e. The van der Waals surface area contributed by atoms with Gasteiger partial charge in [-0.15, -0.1) is 5.10 Å². The van der Waals surface area contributed by atoms with Crippen LogP contribution in [-0.2, 0) is 13.2 Å². The van der Waals surface area contributed by atoms with Gasteiger partial charge in [-0.1, -0.05) is 31.2 Å². The molecule has 0 radical (unpaired) electrons. The standard InChI is InChI=1S/C26H28N6O5/c1-4-18(2)19-5-9-22(10-6-19)35-15-20-13-31(29-28-20)21-7-11-23(12-8-21)36-17-26(3)16-30-14-24(32(33)34)27-25(30)37-26/h5-14,18H,4,15-17H2,1-3H3/t18?,26-/m1/s1. The number of fused-ring (bicyclic) bond motifs is 1. The molecule has 11 nitrogen and oxygen atoms in total. The van der Waals surface area contributed by atoms with E-state index in [2.05, 4.69) is 41.3 Å². The Morgan fingerprint density at radius 2 is 1.81 bits per heavy atom. The Bertz CT molecular complexity index is 1360. The number of aromatic nitrogens is 5. The third-order valence-electron chi connectivity index (χ3n) is 6.39. The highest BCUT2D eigenvalue weighted by Gasteiger charge is 2.41. The highest BCUT2D eigenvalue weighted by Crippen LogP contribution is 2.31. The van der Waals surface area contributed by atoms with Crippen molar-refractivity contribution in [1.82, 2.24) is 24.5 Å². The Morgan fingerprint density at radius 1 is 1.11 bits per heavy atom. The molecule has 2 atom stereocenters. The molecule has 0 saturated carbocycles. The maximum atomic E-state index is 10.9. The van der Waals surface area contributed by atoms with Gasteiger partial charge in [0.25, 0.3) is 0 Å². The molecule has 1 unspecified atom stereocenters. The Kier molecular flexibility index (Phi) is 6.51. The van der Waals surface area contributed by atoms with Crippen LogP contribution >= 0.6 is 0 Å². The van der Waals surface area contributed by atoms with E-state index in [0.29, 0.717) is 24.8 Å². The molecule has 1 aliphatic heterocycles. The molecule has 4 aromatic rings. The number of hydrogen-bond donors (Lipinski definition) is 0. The summed E-state index contributed by atoms with van der Waals surface area (Å²) in [7, 11) is 0. The Hall–Kier alpha value is -4.41. The van der Waals surface area contributed by atoms with Crippen LogP contribution in [0.1, 0.15) is 44.4 Å². The Balaban J connectivity index is 1.13. The lowest BCUT2D eigenvalue weighted by molar-refractivity contribution is -0.389. The highest BCUT2D eigenvalue weighted by molar-refractivity contribution is 5.37. The molecule has 5 rings (SSSR count). The summed E-state index contributed by atoms with van der Waals surface area (Å²) in [4.78, 5) is 14.2. The number of benzene rings is 2. The van der Waals surface area contributed by atoms with E-state index in [1.54, 1.807) is 9.25 Å². The second-order valence-corrected chi connectivity index (χ2v) is 9.42. The second-order valence-electron chi connectivity index (χ2n) is 9.42. The number of nitro groups is 1. The van der Waals surface area contributed by atoms with Gasteiger partial charge in [0.15, 0.2) is 5.60 Å². The van der Waals surface area contributed by atoms with Gasteiger partial charge in [-0.25, -0.2) is 4.68 Å². The topological polar surface area (TPSA) is 119 Å². The SMILES string of the molecule is CCC(C)c1ccc(OCc2cn(-c3ccc(OC[C@@]4(C)Cn5cc([N+](=O)[O-])nc5O4)cc3)nn2)cc1. The fourth-order valence-corrected chi connectivity index (χ4v) is 4.06. The first-order valence-electron chi connectivity index (χ1n) is 12.1. The summed E-state index contributed by atoms with van der Waals surface area (Å²) in [5, 5.41) is 19.3. The molecule has 1 aliphatic rings. The van der Waals surface area contributed by atoms with E-state index in [1.165, 1.54) is 11.8 Å². The molecule has 3 heterocycles. The average molecular weight is 505 g/mol. The summed E-state index contributed by atoms with van der Waals surface area (Å²) < 4.78 is 20.9. The van der Waals surface area contributed by atoms with Crippen molar-refractivity contribution >= 4 is 5.82 Å². The van der Waals surface area contributed by atoms with Gasteiger partial charge in [-0.3, -0.25) is 4.57 Å². The number of hydrogen-bond acceptors (Lipinski definition) is 8. The van der Waals surface area contributed by atoms with Crippen LogP contribution in [0.15, 0.2) is 60.9 Å². The first-order valence-corrected chi connectivity index (χ1v) is 12.1. The van der Waals surface area contributed by atoms with Crippen LogP contribution in [0.3, 0.4) is 0 Å². The van der Waals surface area contributed by atoms with Crippen molar-refractivity contribution in [1.29, 1.82) is 0 Å². The van der Waals surface area contributed by atoms with E-state index < -0.39 is 10.5 Å². The fourth-order valence-electron chi connectivity index (χ4n) is 4.06. The molecule has 0 fully saturated rings. The molecule has 0 spiro atoms. The zero-order valence-electron chi connectivity index (χ0n) is 20.9. The number of rotatable bonds is 10. The van der Waals surface area contributed by atoms with Crippen LogP contribution < -0.4 is 14.2 Å². The van der Waals surface area contributed by atoms with Gasteiger partial charge in [0.05, 0.1) is 18.4 Å². The Labute approximate surface area is 213 Å². The number of imidazole rings is 1. The van der Waals surface area contributed by atoms with Crippen molar-refractivity contribution in [2.24, 2.45) is 0 Å². The second kappa shape index (κ2) is 9.92. The summed E-state index contributed by atoms with van der Waals surface area (Å²) in [6, 6.07) is 15.8. The molecule has 2 aromatic carbocycles. The molecule has 0 saturated heterocycles. The van der Waals surface area contributed by atoms with E-state index in [4.69, 9.17) is 14.2 Å². The van der Waals surface area contributed by atoms with Crippen molar-refractivity contribution in [2.75, 3.05) is 6.61 Å². The summed E-state index contributed by atoms with van der Waals surface area (Å²) in [5.74, 6) is 1.76. The molecule has 0 N–H and O–H groups in total. The van der Waals surface area contributed by atoms with Crippen LogP contribution in [-0.4, -0.2) is 41.7 Å². The van der Waals surface area contributed by atoms with Crippen molar-refractivity contribution in [3.8, 4) is 23.2 Å². The predicted octanol–water partition coefficient (Wildman–Crippen LogP) is 4.69. The molecular weight excluding hydrogens is 476 g/mol. The third kappa shape index (κ3) is 5.40. The zero-order chi connectivity index (χ0) is 26.0. The van der Waals surface area contributed by atoms with Crippen molar-refractivity contribution in [3.05, 3.63) is 82.3 Å². The van der Waals surface area contributed by atoms with E-state index in [0.717, 1.165) is 23.6 Å². The molecule has 0 aliphatic carbocycles. The molecule has 0 bridgehead atoms. The average Bonchev–Trinajstić information content (AvgIpc) is 3.60. The van der Waals surface area contributed by atoms with Crippen LogP contribution in [0.2, 0.25) is 0 Å². The van der Waals surface area contributed by atoms with Gasteiger partial charge >= 0.3 is 11.8 Å². The van der Waals surface area contributed by atoms with E-state index >= 15 is 0 Å². The smallest absolute Gasteiger partial charge is 0.415 e. The van der Waals surface area contributed by atoms with Crippen molar-refractivity contribution in [3.63, 3.8) is 0 Å². The third-order valence-corrected chi connectivity index (χ3v) is 6.39. The predicted molar refractivity (Wildman–Crippen MR) is 134 cm³/mol. The fraction of sp³-hybridized carbons (Fsp3) is 0.346. The first-order chi connectivity index (χ1) is 17.8. The normalized spacial score (nSPS) is 17.2. The van der Waals surface area contributed by atoms with Crippen LogP contribution in [0.25, 0.3) is 5.69 Å². The van der Waals surface area contributed by atoms with Gasteiger partial charge in [0.2, 0.25) is 0 Å². The van der Waals surface area contributed by atoms with Crippen molar-refractivity contribution < 1.29 is 19.1 Å². The first kappa shape index (κ1) is 24.3. The lowest BCUT2D eigenvalue weighted by Gasteiger charge is -2.22. The summed E-state index contributed by atoms with van der Waals surface area (Å²) in [5.41, 5.74) is 2.18. The van der Waals surface area contributed by atoms with E-state index in [9.17, 15) is 10.1 Å². The highest BCUT2D eigenvalue weighted by atomic mass is 16.6. The maximum absolute atomic E-state index is 10.9. The number of ether oxygens (including phenoxy) is 3. The maximum Gasteiger partial charge on any atom is 0.415 e.